The van der Waals surface area contributed by atoms with Crippen LogP contribution < -0.4 is 20.1 Å². The van der Waals surface area contributed by atoms with Gasteiger partial charge in [-0.25, -0.2) is 0 Å². The lowest BCUT2D eigenvalue weighted by molar-refractivity contribution is -0.114. The Balaban J connectivity index is 1.40. The lowest BCUT2D eigenvalue weighted by Crippen LogP contribution is -2.21. The van der Waals surface area contributed by atoms with Crippen LogP contribution in [0.15, 0.2) is 78.9 Å². The Kier molecular flexibility index (Phi) is 9.64. The molecule has 0 bridgehead atoms. The third kappa shape index (κ3) is 9.27. The molecular formula is C28H34N2O3. The Hall–Kier alpha value is -3.47. The molecule has 5 nitrogen and oxygen atoms in total. The van der Waals surface area contributed by atoms with Crippen LogP contribution in [0.4, 0.5) is 11.4 Å². The minimum atomic E-state index is -0.123. The number of rotatable bonds is 13. The van der Waals surface area contributed by atoms with E-state index in [2.05, 4.69) is 48.7 Å². The van der Waals surface area contributed by atoms with Crippen molar-refractivity contribution in [3.63, 3.8) is 0 Å². The van der Waals surface area contributed by atoms with Gasteiger partial charge in [-0.05, 0) is 55.0 Å². The molecule has 1 amide bonds. The van der Waals surface area contributed by atoms with Crippen LogP contribution >= 0.6 is 0 Å². The summed E-state index contributed by atoms with van der Waals surface area (Å²) in [5.74, 6) is 2.04. The second kappa shape index (κ2) is 13.2. The van der Waals surface area contributed by atoms with Crippen LogP contribution in [0.3, 0.4) is 0 Å². The topological polar surface area (TPSA) is 59.6 Å². The quantitative estimate of drug-likeness (QED) is 0.308. The number of ether oxygens (including phenoxy) is 2. The minimum Gasteiger partial charge on any atom is -0.494 e. The van der Waals surface area contributed by atoms with Crippen molar-refractivity contribution in [3.05, 3.63) is 84.4 Å². The first-order chi connectivity index (χ1) is 16.1. The van der Waals surface area contributed by atoms with E-state index < -0.39 is 0 Å². The standard InChI is InChI=1S/C28H34N2O3/c1-22(2)16-18-33-26-14-6-12-24(19-26)29-21-28(31)30-25-13-7-15-27(20-25)32-17-8-11-23-9-4-3-5-10-23/h3-7,9-10,12-15,19-20,22,29H,8,11,16-18,21H2,1-2H3,(H,30,31). The van der Waals surface area contributed by atoms with E-state index in [0.717, 1.165) is 36.4 Å². The zero-order valence-electron chi connectivity index (χ0n) is 19.6. The van der Waals surface area contributed by atoms with E-state index in [-0.39, 0.29) is 12.5 Å². The molecule has 3 aromatic rings. The van der Waals surface area contributed by atoms with Crippen LogP contribution in [-0.2, 0) is 11.2 Å². The summed E-state index contributed by atoms with van der Waals surface area (Å²) in [7, 11) is 0. The number of hydrogen-bond acceptors (Lipinski definition) is 4. The number of aryl methyl sites for hydroxylation is 1. The molecule has 0 fully saturated rings. The van der Waals surface area contributed by atoms with Crippen LogP contribution in [0.2, 0.25) is 0 Å². The maximum Gasteiger partial charge on any atom is 0.243 e. The van der Waals surface area contributed by atoms with Crippen LogP contribution in [0, 0.1) is 5.92 Å². The number of amides is 1. The molecular weight excluding hydrogens is 412 g/mol. The van der Waals surface area contributed by atoms with Crippen molar-refractivity contribution in [2.75, 3.05) is 30.4 Å². The van der Waals surface area contributed by atoms with Crippen LogP contribution in [0.5, 0.6) is 11.5 Å². The molecule has 0 aliphatic rings. The molecule has 174 valence electrons. The van der Waals surface area contributed by atoms with Gasteiger partial charge in [0, 0.05) is 23.5 Å². The van der Waals surface area contributed by atoms with Gasteiger partial charge in [0.1, 0.15) is 11.5 Å². The maximum atomic E-state index is 12.4. The van der Waals surface area contributed by atoms with Crippen molar-refractivity contribution in [1.29, 1.82) is 0 Å². The Morgan fingerprint density at radius 3 is 2.21 bits per heavy atom. The van der Waals surface area contributed by atoms with Crippen LogP contribution in [-0.4, -0.2) is 25.7 Å². The van der Waals surface area contributed by atoms with Gasteiger partial charge in [-0.1, -0.05) is 56.3 Å². The molecule has 33 heavy (non-hydrogen) atoms. The van der Waals surface area contributed by atoms with E-state index in [1.807, 2.05) is 54.6 Å². The molecule has 3 rings (SSSR count). The predicted molar refractivity (Wildman–Crippen MR) is 135 cm³/mol. The summed E-state index contributed by atoms with van der Waals surface area (Å²) >= 11 is 0. The van der Waals surface area contributed by atoms with Gasteiger partial charge in [0.05, 0.1) is 19.8 Å². The number of benzene rings is 3. The zero-order chi connectivity index (χ0) is 23.3. The van der Waals surface area contributed by atoms with E-state index in [1.54, 1.807) is 0 Å². The van der Waals surface area contributed by atoms with Gasteiger partial charge in [0.2, 0.25) is 5.91 Å². The van der Waals surface area contributed by atoms with Crippen molar-refractivity contribution in [1.82, 2.24) is 0 Å². The van der Waals surface area contributed by atoms with Gasteiger partial charge in [-0.2, -0.15) is 0 Å². The summed E-state index contributed by atoms with van der Waals surface area (Å²) in [5.41, 5.74) is 2.87. The second-order valence-electron chi connectivity index (χ2n) is 8.43. The van der Waals surface area contributed by atoms with Crippen molar-refractivity contribution >= 4 is 17.3 Å². The van der Waals surface area contributed by atoms with Crippen molar-refractivity contribution < 1.29 is 14.3 Å². The Labute approximate surface area is 197 Å². The molecule has 2 N–H and O–H groups in total. The Morgan fingerprint density at radius 1 is 0.818 bits per heavy atom. The van der Waals surface area contributed by atoms with E-state index in [1.165, 1.54) is 5.56 Å². The van der Waals surface area contributed by atoms with Gasteiger partial charge in [-0.15, -0.1) is 0 Å². The molecule has 0 radical (unpaired) electrons. The number of carbonyl (C=O) groups excluding carboxylic acids is 1. The highest BCUT2D eigenvalue weighted by atomic mass is 16.5. The van der Waals surface area contributed by atoms with Gasteiger partial charge in [0.25, 0.3) is 0 Å². The molecule has 0 atom stereocenters. The molecule has 0 heterocycles. The van der Waals surface area contributed by atoms with Gasteiger partial charge in [0.15, 0.2) is 0 Å². The van der Waals surface area contributed by atoms with Gasteiger partial charge < -0.3 is 20.1 Å². The number of anilines is 2. The first-order valence-electron chi connectivity index (χ1n) is 11.6. The monoisotopic (exact) mass is 446 g/mol. The van der Waals surface area contributed by atoms with Gasteiger partial charge >= 0.3 is 0 Å². The van der Waals surface area contributed by atoms with Crippen LogP contribution in [0.1, 0.15) is 32.3 Å². The Morgan fingerprint density at radius 2 is 1.48 bits per heavy atom. The summed E-state index contributed by atoms with van der Waals surface area (Å²) < 4.78 is 11.6. The maximum absolute atomic E-state index is 12.4. The molecule has 0 spiro atoms. The summed E-state index contributed by atoms with van der Waals surface area (Å²) in [4.78, 5) is 12.4. The third-order valence-corrected chi connectivity index (χ3v) is 5.09. The summed E-state index contributed by atoms with van der Waals surface area (Å²) in [6.45, 7) is 5.83. The molecule has 0 saturated heterocycles. The van der Waals surface area contributed by atoms with Crippen molar-refractivity contribution in [2.24, 2.45) is 5.92 Å². The smallest absolute Gasteiger partial charge is 0.243 e. The number of hydrogen-bond donors (Lipinski definition) is 2. The van der Waals surface area contributed by atoms with E-state index in [4.69, 9.17) is 9.47 Å². The first kappa shape index (κ1) is 24.2. The Bertz CT molecular complexity index is 989. The highest BCUT2D eigenvalue weighted by molar-refractivity contribution is 5.93. The van der Waals surface area contributed by atoms with E-state index >= 15 is 0 Å². The molecule has 0 saturated carbocycles. The molecule has 0 aliphatic heterocycles. The number of carbonyl (C=O) groups is 1. The fraction of sp³-hybridized carbons (Fsp3) is 0.321. The SMILES string of the molecule is CC(C)CCOc1cccc(NCC(=O)Nc2cccc(OCCCc3ccccc3)c2)c1. The fourth-order valence-electron chi connectivity index (χ4n) is 3.27. The summed E-state index contributed by atoms with van der Waals surface area (Å²) in [5, 5.41) is 6.07. The highest BCUT2D eigenvalue weighted by Crippen LogP contribution is 2.19. The summed E-state index contributed by atoms with van der Waals surface area (Å²) in [6, 6.07) is 25.6. The molecule has 0 aliphatic carbocycles. The largest absolute Gasteiger partial charge is 0.494 e. The van der Waals surface area contributed by atoms with Crippen LogP contribution in [0.25, 0.3) is 0 Å². The molecule has 0 unspecified atom stereocenters. The predicted octanol–water partition coefficient (Wildman–Crippen LogP) is 6.17. The molecule has 0 aromatic heterocycles. The summed E-state index contributed by atoms with van der Waals surface area (Å²) in [6.07, 6.45) is 2.92. The van der Waals surface area contributed by atoms with Crippen molar-refractivity contribution in [3.8, 4) is 11.5 Å². The minimum absolute atomic E-state index is 0.123. The third-order valence-electron chi connectivity index (χ3n) is 5.09. The molecule has 3 aromatic carbocycles. The highest BCUT2D eigenvalue weighted by Gasteiger charge is 2.05. The normalized spacial score (nSPS) is 10.6. The molecule has 5 heteroatoms. The van der Waals surface area contributed by atoms with Gasteiger partial charge in [-0.3, -0.25) is 4.79 Å². The number of nitrogens with one attached hydrogen (secondary N) is 2. The second-order valence-corrected chi connectivity index (χ2v) is 8.43. The average Bonchev–Trinajstić information content (AvgIpc) is 2.82. The lowest BCUT2D eigenvalue weighted by Gasteiger charge is -2.12. The van der Waals surface area contributed by atoms with E-state index in [9.17, 15) is 4.79 Å². The zero-order valence-corrected chi connectivity index (χ0v) is 19.6. The average molecular weight is 447 g/mol. The van der Waals surface area contributed by atoms with E-state index in [0.29, 0.717) is 24.8 Å². The fourth-order valence-corrected chi connectivity index (χ4v) is 3.27. The first-order valence-corrected chi connectivity index (χ1v) is 11.6. The lowest BCUT2D eigenvalue weighted by atomic mass is 10.1. The van der Waals surface area contributed by atoms with Crippen molar-refractivity contribution in [2.45, 2.75) is 33.1 Å².